The van der Waals surface area contributed by atoms with E-state index in [-0.39, 0.29) is 5.92 Å². The highest BCUT2D eigenvalue weighted by Crippen LogP contribution is 2.02. The zero-order valence-corrected chi connectivity index (χ0v) is 6.20. The summed E-state index contributed by atoms with van der Waals surface area (Å²) >= 11 is 0. The van der Waals surface area contributed by atoms with E-state index >= 15 is 0 Å². The van der Waals surface area contributed by atoms with E-state index in [9.17, 15) is 4.79 Å². The van der Waals surface area contributed by atoms with Crippen LogP contribution >= 0.6 is 0 Å². The van der Waals surface area contributed by atoms with E-state index in [0.29, 0.717) is 0 Å². The van der Waals surface area contributed by atoms with Gasteiger partial charge in [-0.2, -0.15) is 0 Å². The van der Waals surface area contributed by atoms with E-state index in [1.165, 1.54) is 0 Å². The Hall–Kier alpha value is -0.830. The van der Waals surface area contributed by atoms with Gasteiger partial charge in [-0.1, -0.05) is 20.4 Å². The summed E-state index contributed by atoms with van der Waals surface area (Å²) in [5.41, 5.74) is 0. The standard InChI is InChI=1S/C7H12O3/c1-4-6(8)10-7(9)5(2)3/h4-5,7,9H,1H2,2-3H3. The molecule has 0 radical (unpaired) electrons. The third-order valence-electron chi connectivity index (χ3n) is 0.974. The Balaban J connectivity index is 3.67. The SMILES string of the molecule is C=CC(=O)OC(O)C(C)C. The number of aliphatic hydroxyl groups is 1. The Kier molecular flexibility index (Phi) is 3.72. The molecule has 0 amide bonds. The van der Waals surface area contributed by atoms with E-state index in [1.807, 2.05) is 0 Å². The molecule has 10 heavy (non-hydrogen) atoms. The number of ether oxygens (including phenoxy) is 1. The van der Waals surface area contributed by atoms with Gasteiger partial charge in [0.25, 0.3) is 0 Å². The predicted octanol–water partition coefficient (Wildman–Crippen LogP) is 0.690. The van der Waals surface area contributed by atoms with E-state index < -0.39 is 12.3 Å². The Morgan fingerprint density at radius 3 is 2.50 bits per heavy atom. The Labute approximate surface area is 60.3 Å². The summed E-state index contributed by atoms with van der Waals surface area (Å²) in [6.07, 6.45) is -0.00324. The van der Waals surface area contributed by atoms with Crippen LogP contribution < -0.4 is 0 Å². The first-order valence-electron chi connectivity index (χ1n) is 3.09. The van der Waals surface area contributed by atoms with E-state index in [4.69, 9.17) is 5.11 Å². The normalized spacial score (nSPS) is 12.8. The van der Waals surface area contributed by atoms with Crippen LogP contribution in [0.3, 0.4) is 0 Å². The zero-order valence-electron chi connectivity index (χ0n) is 6.20. The molecule has 1 N–H and O–H groups in total. The predicted molar refractivity (Wildman–Crippen MR) is 37.1 cm³/mol. The number of rotatable bonds is 3. The van der Waals surface area contributed by atoms with E-state index in [1.54, 1.807) is 13.8 Å². The van der Waals surface area contributed by atoms with Crippen LogP contribution in [0, 0.1) is 5.92 Å². The van der Waals surface area contributed by atoms with Crippen LogP contribution in [0.4, 0.5) is 0 Å². The van der Waals surface area contributed by atoms with Crippen LogP contribution in [0.2, 0.25) is 0 Å². The van der Waals surface area contributed by atoms with Crippen molar-refractivity contribution in [1.29, 1.82) is 0 Å². The Morgan fingerprint density at radius 2 is 2.20 bits per heavy atom. The van der Waals surface area contributed by atoms with Gasteiger partial charge in [-0.05, 0) is 0 Å². The molecule has 0 aliphatic heterocycles. The molecule has 0 aromatic carbocycles. The van der Waals surface area contributed by atoms with Crippen molar-refractivity contribution in [1.82, 2.24) is 0 Å². The molecule has 0 aromatic rings. The number of carbonyl (C=O) groups excluding carboxylic acids is 1. The first kappa shape index (κ1) is 9.17. The highest BCUT2D eigenvalue weighted by Gasteiger charge is 2.11. The second kappa shape index (κ2) is 4.06. The Morgan fingerprint density at radius 1 is 1.70 bits per heavy atom. The molecule has 0 heterocycles. The number of aliphatic hydroxyl groups excluding tert-OH is 1. The minimum absolute atomic E-state index is 0.0797. The van der Waals surface area contributed by atoms with Crippen molar-refractivity contribution >= 4 is 5.97 Å². The minimum Gasteiger partial charge on any atom is -0.433 e. The average Bonchev–Trinajstić information content (AvgIpc) is 1.87. The van der Waals surface area contributed by atoms with Gasteiger partial charge >= 0.3 is 5.97 Å². The lowest BCUT2D eigenvalue weighted by molar-refractivity contribution is -0.168. The highest BCUT2D eigenvalue weighted by atomic mass is 16.6. The molecule has 1 unspecified atom stereocenters. The van der Waals surface area contributed by atoms with Crippen LogP contribution in [0.5, 0.6) is 0 Å². The summed E-state index contributed by atoms with van der Waals surface area (Å²) in [6, 6.07) is 0. The maximum atomic E-state index is 10.4. The fourth-order valence-electron chi connectivity index (χ4n) is 0.303. The molecular formula is C7H12O3. The molecule has 0 saturated carbocycles. The van der Waals surface area contributed by atoms with Crippen LogP contribution in [0.25, 0.3) is 0 Å². The van der Waals surface area contributed by atoms with Gasteiger partial charge in [0.15, 0.2) is 0 Å². The number of hydrogen-bond acceptors (Lipinski definition) is 3. The summed E-state index contributed by atoms with van der Waals surface area (Å²) in [4.78, 5) is 10.4. The average molecular weight is 144 g/mol. The van der Waals surface area contributed by atoms with Crippen LogP contribution in [0.15, 0.2) is 12.7 Å². The molecule has 0 fully saturated rings. The van der Waals surface area contributed by atoms with Crippen molar-refractivity contribution in [2.75, 3.05) is 0 Å². The Bertz CT molecular complexity index is 129. The van der Waals surface area contributed by atoms with Crippen molar-refractivity contribution in [3.63, 3.8) is 0 Å². The van der Waals surface area contributed by atoms with Crippen LogP contribution in [0.1, 0.15) is 13.8 Å². The quantitative estimate of drug-likeness (QED) is 0.360. The van der Waals surface area contributed by atoms with Crippen molar-refractivity contribution in [2.24, 2.45) is 5.92 Å². The smallest absolute Gasteiger partial charge is 0.332 e. The molecule has 0 aliphatic carbocycles. The van der Waals surface area contributed by atoms with Gasteiger partial charge in [0.1, 0.15) is 0 Å². The second-order valence-electron chi connectivity index (χ2n) is 2.28. The topological polar surface area (TPSA) is 46.5 Å². The summed E-state index contributed by atoms with van der Waals surface area (Å²) in [6.45, 7) is 6.69. The third kappa shape index (κ3) is 3.25. The number of hydrogen-bond donors (Lipinski definition) is 1. The third-order valence-corrected chi connectivity index (χ3v) is 0.974. The largest absolute Gasteiger partial charge is 0.433 e. The molecule has 0 rings (SSSR count). The first-order chi connectivity index (χ1) is 4.57. The molecular weight excluding hydrogens is 132 g/mol. The van der Waals surface area contributed by atoms with Crippen molar-refractivity contribution in [3.05, 3.63) is 12.7 Å². The molecule has 0 bridgehead atoms. The van der Waals surface area contributed by atoms with Gasteiger partial charge in [-0.15, -0.1) is 0 Å². The molecule has 3 nitrogen and oxygen atoms in total. The molecule has 0 saturated heterocycles. The lowest BCUT2D eigenvalue weighted by Crippen LogP contribution is -2.21. The molecule has 0 spiro atoms. The molecule has 1 atom stereocenters. The van der Waals surface area contributed by atoms with Crippen LogP contribution in [-0.2, 0) is 9.53 Å². The van der Waals surface area contributed by atoms with Crippen molar-refractivity contribution in [2.45, 2.75) is 20.1 Å². The fourth-order valence-corrected chi connectivity index (χ4v) is 0.303. The summed E-state index contributed by atoms with van der Waals surface area (Å²) in [7, 11) is 0. The minimum atomic E-state index is -1.02. The number of esters is 1. The fraction of sp³-hybridized carbons (Fsp3) is 0.571. The number of carbonyl (C=O) groups is 1. The van der Waals surface area contributed by atoms with Gasteiger partial charge in [0.05, 0.1) is 0 Å². The van der Waals surface area contributed by atoms with E-state index in [0.717, 1.165) is 6.08 Å². The molecule has 58 valence electrons. The molecule has 0 aromatic heterocycles. The van der Waals surface area contributed by atoms with Gasteiger partial charge in [0.2, 0.25) is 6.29 Å². The van der Waals surface area contributed by atoms with E-state index in [2.05, 4.69) is 11.3 Å². The van der Waals surface area contributed by atoms with Crippen molar-refractivity contribution in [3.8, 4) is 0 Å². The van der Waals surface area contributed by atoms with Crippen molar-refractivity contribution < 1.29 is 14.6 Å². The summed E-state index contributed by atoms with van der Waals surface area (Å²) < 4.78 is 4.46. The molecule has 0 aliphatic rings. The second-order valence-corrected chi connectivity index (χ2v) is 2.28. The van der Waals surface area contributed by atoms with Gasteiger partial charge < -0.3 is 9.84 Å². The van der Waals surface area contributed by atoms with Crippen LogP contribution in [-0.4, -0.2) is 17.4 Å². The summed E-state index contributed by atoms with van der Waals surface area (Å²) in [5.74, 6) is -0.676. The maximum absolute atomic E-state index is 10.4. The van der Waals surface area contributed by atoms with Gasteiger partial charge in [-0.3, -0.25) is 0 Å². The summed E-state index contributed by atoms with van der Waals surface area (Å²) in [5, 5.41) is 8.94. The van der Waals surface area contributed by atoms with Gasteiger partial charge in [-0.25, -0.2) is 4.79 Å². The molecule has 3 heteroatoms. The highest BCUT2D eigenvalue weighted by molar-refractivity contribution is 5.81. The lowest BCUT2D eigenvalue weighted by Gasteiger charge is -2.13. The van der Waals surface area contributed by atoms with Gasteiger partial charge in [0, 0.05) is 12.0 Å². The maximum Gasteiger partial charge on any atom is 0.332 e. The zero-order chi connectivity index (χ0) is 8.15. The monoisotopic (exact) mass is 144 g/mol. The first-order valence-corrected chi connectivity index (χ1v) is 3.09. The lowest BCUT2D eigenvalue weighted by atomic mass is 10.2.